The Balaban J connectivity index is 1.64. The Hall–Kier alpha value is -2.76. The van der Waals surface area contributed by atoms with Gasteiger partial charge in [0.05, 0.1) is 18.0 Å². The second-order valence-corrected chi connectivity index (χ2v) is 8.64. The third kappa shape index (κ3) is 2.76. The van der Waals surface area contributed by atoms with Crippen molar-refractivity contribution in [2.45, 2.75) is 11.4 Å². The van der Waals surface area contributed by atoms with Crippen LogP contribution in [0.15, 0.2) is 78.9 Å². The molecule has 3 aromatic carbocycles. The molecule has 0 N–H and O–H groups in total. The van der Waals surface area contributed by atoms with E-state index in [1.807, 2.05) is 78.9 Å². The molecule has 5 rings (SSSR count). The zero-order valence-electron chi connectivity index (χ0n) is 15.4. The lowest BCUT2D eigenvalue weighted by molar-refractivity contribution is -0.123. The number of rotatable bonds is 3. The quantitative estimate of drug-likeness (QED) is 0.610. The SMILES string of the molecule is O=C1CSC2(C(=O)N(Cc3cccc(Cl)c3)c3ccccc32)N1c1ccccc1. The number of thioether (sulfide) groups is 1. The lowest BCUT2D eigenvalue weighted by Crippen LogP contribution is -2.49. The zero-order valence-corrected chi connectivity index (χ0v) is 17.0. The number of hydrogen-bond donors (Lipinski definition) is 0. The largest absolute Gasteiger partial charge is 0.304 e. The molecular formula is C23H17ClN2O2S. The molecule has 4 nitrogen and oxygen atoms in total. The van der Waals surface area contributed by atoms with Crippen LogP contribution in [-0.2, 0) is 21.0 Å². The normalized spacial score (nSPS) is 20.6. The van der Waals surface area contributed by atoms with Gasteiger partial charge in [-0.05, 0) is 35.9 Å². The molecule has 2 aliphatic heterocycles. The molecule has 1 spiro atoms. The van der Waals surface area contributed by atoms with Gasteiger partial charge in [0.2, 0.25) is 10.8 Å². The van der Waals surface area contributed by atoms with E-state index < -0.39 is 4.87 Å². The average molecular weight is 421 g/mol. The second-order valence-electron chi connectivity index (χ2n) is 7.04. The Kier molecular flexibility index (Phi) is 4.37. The van der Waals surface area contributed by atoms with Crippen LogP contribution in [0, 0.1) is 0 Å². The molecule has 1 atom stereocenters. The van der Waals surface area contributed by atoms with E-state index in [9.17, 15) is 9.59 Å². The molecule has 0 saturated carbocycles. The minimum atomic E-state index is -1.08. The van der Waals surface area contributed by atoms with E-state index in [1.165, 1.54) is 11.8 Å². The number of para-hydroxylation sites is 2. The summed E-state index contributed by atoms with van der Waals surface area (Å²) in [5, 5.41) is 0.633. The Bertz CT molecular complexity index is 1120. The van der Waals surface area contributed by atoms with Crippen LogP contribution < -0.4 is 9.80 Å². The van der Waals surface area contributed by atoms with Gasteiger partial charge >= 0.3 is 0 Å². The van der Waals surface area contributed by atoms with Crippen LogP contribution in [-0.4, -0.2) is 17.6 Å². The van der Waals surface area contributed by atoms with Gasteiger partial charge in [0.25, 0.3) is 5.91 Å². The van der Waals surface area contributed by atoms with Crippen LogP contribution in [0.25, 0.3) is 0 Å². The maximum absolute atomic E-state index is 13.9. The van der Waals surface area contributed by atoms with E-state index >= 15 is 0 Å². The van der Waals surface area contributed by atoms with Crippen LogP contribution in [0.2, 0.25) is 5.02 Å². The Morgan fingerprint density at radius 3 is 2.48 bits per heavy atom. The minimum absolute atomic E-state index is 0.0611. The van der Waals surface area contributed by atoms with Crippen molar-refractivity contribution < 1.29 is 9.59 Å². The molecule has 2 heterocycles. The van der Waals surface area contributed by atoms with Crippen molar-refractivity contribution in [3.8, 4) is 0 Å². The van der Waals surface area contributed by atoms with Gasteiger partial charge in [-0.2, -0.15) is 0 Å². The van der Waals surface area contributed by atoms with Gasteiger partial charge in [0.15, 0.2) is 0 Å². The number of carbonyl (C=O) groups is 2. The van der Waals surface area contributed by atoms with Crippen molar-refractivity contribution in [2.24, 2.45) is 0 Å². The fraction of sp³-hybridized carbons (Fsp3) is 0.130. The predicted molar refractivity (Wildman–Crippen MR) is 117 cm³/mol. The maximum atomic E-state index is 13.9. The molecule has 0 aliphatic carbocycles. The first-order chi connectivity index (χ1) is 14.1. The first-order valence-electron chi connectivity index (χ1n) is 9.29. The number of carbonyl (C=O) groups excluding carboxylic acids is 2. The molecule has 144 valence electrons. The van der Waals surface area contributed by atoms with Gasteiger partial charge in [-0.3, -0.25) is 14.5 Å². The molecule has 29 heavy (non-hydrogen) atoms. The smallest absolute Gasteiger partial charge is 0.269 e. The summed E-state index contributed by atoms with van der Waals surface area (Å²) in [6.45, 7) is 0.398. The first kappa shape index (κ1) is 18.3. The highest BCUT2D eigenvalue weighted by atomic mass is 35.5. The Labute approximate surface area is 178 Å². The first-order valence-corrected chi connectivity index (χ1v) is 10.7. The van der Waals surface area contributed by atoms with Gasteiger partial charge < -0.3 is 4.90 Å². The van der Waals surface area contributed by atoms with Crippen molar-refractivity contribution in [2.75, 3.05) is 15.6 Å². The van der Waals surface area contributed by atoms with E-state index in [2.05, 4.69) is 0 Å². The number of nitrogens with zero attached hydrogens (tertiary/aromatic N) is 2. The number of halogens is 1. The van der Waals surface area contributed by atoms with Gasteiger partial charge in [-0.1, -0.05) is 60.1 Å². The molecule has 1 saturated heterocycles. The van der Waals surface area contributed by atoms with Crippen LogP contribution >= 0.6 is 23.4 Å². The highest BCUT2D eigenvalue weighted by Gasteiger charge is 2.60. The van der Waals surface area contributed by atoms with E-state index in [1.54, 1.807) is 9.80 Å². The monoisotopic (exact) mass is 420 g/mol. The lowest BCUT2D eigenvalue weighted by Gasteiger charge is -2.33. The standard InChI is InChI=1S/C23H17ClN2O2S/c24-17-8-6-7-16(13-17)14-25-20-12-5-4-11-19(20)23(22(25)28)26(21(27)15-29-23)18-9-2-1-3-10-18/h1-13H,14-15H2. The predicted octanol–water partition coefficient (Wildman–Crippen LogP) is 4.82. The molecule has 2 amide bonds. The molecule has 2 aliphatic rings. The average Bonchev–Trinajstić information content (AvgIpc) is 3.20. The molecule has 6 heteroatoms. The van der Waals surface area contributed by atoms with Crippen molar-refractivity contribution in [1.82, 2.24) is 0 Å². The molecular weight excluding hydrogens is 404 g/mol. The Morgan fingerprint density at radius 1 is 0.931 bits per heavy atom. The topological polar surface area (TPSA) is 40.6 Å². The molecule has 0 bridgehead atoms. The van der Waals surface area contributed by atoms with Gasteiger partial charge in [-0.15, -0.1) is 11.8 Å². The van der Waals surface area contributed by atoms with E-state index in [0.29, 0.717) is 11.6 Å². The summed E-state index contributed by atoms with van der Waals surface area (Å²) < 4.78 is 0. The van der Waals surface area contributed by atoms with E-state index in [0.717, 1.165) is 22.5 Å². The number of anilines is 2. The third-order valence-corrected chi connectivity index (χ3v) is 6.93. The van der Waals surface area contributed by atoms with Crippen molar-refractivity contribution in [3.05, 3.63) is 95.0 Å². The van der Waals surface area contributed by atoms with E-state index in [4.69, 9.17) is 11.6 Å². The number of fused-ring (bicyclic) bond motifs is 2. The van der Waals surface area contributed by atoms with Crippen molar-refractivity contribution in [1.29, 1.82) is 0 Å². The summed E-state index contributed by atoms with van der Waals surface area (Å²) in [4.78, 5) is 29.2. The lowest BCUT2D eigenvalue weighted by atomic mass is 10.0. The molecule has 1 unspecified atom stereocenters. The molecule has 0 aromatic heterocycles. The van der Waals surface area contributed by atoms with Crippen LogP contribution in [0.3, 0.4) is 0 Å². The second kappa shape index (κ2) is 6.94. The summed E-state index contributed by atoms with van der Waals surface area (Å²) in [5.41, 5.74) is 3.36. The summed E-state index contributed by atoms with van der Waals surface area (Å²) in [7, 11) is 0. The summed E-state index contributed by atoms with van der Waals surface area (Å²) >= 11 is 7.54. The fourth-order valence-corrected chi connectivity index (χ4v) is 5.68. The van der Waals surface area contributed by atoms with Crippen molar-refractivity contribution >= 4 is 46.6 Å². The summed E-state index contributed by atoms with van der Waals surface area (Å²) in [6, 6.07) is 24.7. The number of benzene rings is 3. The van der Waals surface area contributed by atoms with Gasteiger partial charge in [0, 0.05) is 16.3 Å². The van der Waals surface area contributed by atoms with Crippen LogP contribution in [0.5, 0.6) is 0 Å². The van der Waals surface area contributed by atoms with Crippen LogP contribution in [0.4, 0.5) is 11.4 Å². The summed E-state index contributed by atoms with van der Waals surface area (Å²) in [6.07, 6.45) is 0. The molecule has 3 aromatic rings. The highest BCUT2D eigenvalue weighted by molar-refractivity contribution is 8.02. The van der Waals surface area contributed by atoms with Gasteiger partial charge in [0.1, 0.15) is 0 Å². The van der Waals surface area contributed by atoms with E-state index in [-0.39, 0.29) is 17.6 Å². The maximum Gasteiger partial charge on any atom is 0.269 e. The third-order valence-electron chi connectivity index (χ3n) is 5.31. The van der Waals surface area contributed by atoms with Crippen molar-refractivity contribution in [3.63, 3.8) is 0 Å². The van der Waals surface area contributed by atoms with Gasteiger partial charge in [-0.25, -0.2) is 0 Å². The number of hydrogen-bond acceptors (Lipinski definition) is 3. The number of amides is 2. The fourth-order valence-electron chi connectivity index (χ4n) is 4.11. The minimum Gasteiger partial charge on any atom is -0.304 e. The summed E-state index contributed by atoms with van der Waals surface area (Å²) in [5.74, 6) is 0.104. The zero-order chi connectivity index (χ0) is 20.0. The highest BCUT2D eigenvalue weighted by Crippen LogP contribution is 2.55. The molecule has 1 fully saturated rings. The van der Waals surface area contributed by atoms with Crippen LogP contribution in [0.1, 0.15) is 11.1 Å². The molecule has 0 radical (unpaired) electrons. The Morgan fingerprint density at radius 2 is 1.69 bits per heavy atom.